The van der Waals surface area contributed by atoms with E-state index in [0.29, 0.717) is 22.6 Å². The molecule has 0 spiro atoms. The maximum atomic E-state index is 13.0. The molecule has 5 nitrogen and oxygen atoms in total. The summed E-state index contributed by atoms with van der Waals surface area (Å²) < 4.78 is 18.2. The number of hydrogen-bond donors (Lipinski definition) is 1. The molecule has 6 heteroatoms. The lowest BCUT2D eigenvalue weighted by atomic mass is 10.1. The van der Waals surface area contributed by atoms with Gasteiger partial charge in [-0.25, -0.2) is 4.39 Å². The molecular weight excluding hydrogens is 309 g/mol. The minimum Gasteiger partial charge on any atom is -0.378 e. The molecule has 0 aliphatic heterocycles. The van der Waals surface area contributed by atoms with Gasteiger partial charge in [-0.05, 0) is 48.5 Å². The van der Waals surface area contributed by atoms with Crippen molar-refractivity contribution in [1.82, 2.24) is 5.16 Å². The molecule has 1 N–H and O–H groups in total. The van der Waals surface area contributed by atoms with Gasteiger partial charge in [0, 0.05) is 31.0 Å². The number of anilines is 2. The molecule has 0 fully saturated rings. The van der Waals surface area contributed by atoms with E-state index in [2.05, 4.69) is 10.5 Å². The molecular formula is C18H16FN3O2. The molecule has 0 aliphatic carbocycles. The van der Waals surface area contributed by atoms with Gasteiger partial charge in [-0.1, -0.05) is 5.16 Å². The molecule has 3 aromatic rings. The topological polar surface area (TPSA) is 58.4 Å². The summed E-state index contributed by atoms with van der Waals surface area (Å²) in [4.78, 5) is 14.4. The Bertz CT molecular complexity index is 839. The van der Waals surface area contributed by atoms with E-state index in [1.807, 2.05) is 43.3 Å². The Hall–Kier alpha value is -3.15. The lowest BCUT2D eigenvalue weighted by Crippen LogP contribution is -2.12. The molecule has 0 radical (unpaired) electrons. The number of carbonyl (C=O) groups is 1. The lowest BCUT2D eigenvalue weighted by molar-refractivity contribution is 0.102. The fourth-order valence-electron chi connectivity index (χ4n) is 2.25. The van der Waals surface area contributed by atoms with Crippen LogP contribution in [0.5, 0.6) is 0 Å². The zero-order valence-corrected chi connectivity index (χ0v) is 13.3. The van der Waals surface area contributed by atoms with Crippen LogP contribution in [0.1, 0.15) is 10.4 Å². The van der Waals surface area contributed by atoms with Crippen LogP contribution in [0.3, 0.4) is 0 Å². The fraction of sp³-hybridized carbons (Fsp3) is 0.111. The Balaban J connectivity index is 1.81. The Morgan fingerprint density at radius 3 is 2.38 bits per heavy atom. The first-order chi connectivity index (χ1) is 11.5. The molecule has 0 atom stereocenters. The third kappa shape index (κ3) is 3.27. The highest BCUT2D eigenvalue weighted by Gasteiger charge is 2.18. The Morgan fingerprint density at radius 2 is 1.75 bits per heavy atom. The van der Waals surface area contributed by atoms with Gasteiger partial charge < -0.3 is 14.7 Å². The van der Waals surface area contributed by atoms with Crippen LogP contribution in [0.2, 0.25) is 0 Å². The van der Waals surface area contributed by atoms with Crippen LogP contribution in [0.15, 0.2) is 59.3 Å². The number of hydrogen-bond acceptors (Lipinski definition) is 4. The van der Waals surface area contributed by atoms with E-state index in [1.165, 1.54) is 18.3 Å². The van der Waals surface area contributed by atoms with Crippen LogP contribution in [0, 0.1) is 5.82 Å². The number of rotatable bonds is 4. The van der Waals surface area contributed by atoms with E-state index in [1.54, 1.807) is 12.1 Å². The first kappa shape index (κ1) is 15.7. The van der Waals surface area contributed by atoms with E-state index in [4.69, 9.17) is 4.52 Å². The van der Waals surface area contributed by atoms with Crippen LogP contribution in [-0.4, -0.2) is 25.2 Å². The molecule has 1 aromatic heterocycles. The summed E-state index contributed by atoms with van der Waals surface area (Å²) in [5.74, 6) is -0.393. The third-order valence-corrected chi connectivity index (χ3v) is 3.56. The van der Waals surface area contributed by atoms with E-state index >= 15 is 0 Å². The van der Waals surface area contributed by atoms with Crippen LogP contribution < -0.4 is 10.2 Å². The van der Waals surface area contributed by atoms with Crippen molar-refractivity contribution >= 4 is 17.3 Å². The molecule has 0 unspecified atom stereocenters. The monoisotopic (exact) mass is 325 g/mol. The van der Waals surface area contributed by atoms with Gasteiger partial charge in [0.25, 0.3) is 5.91 Å². The van der Waals surface area contributed by atoms with Gasteiger partial charge >= 0.3 is 0 Å². The molecule has 0 saturated heterocycles. The highest BCUT2D eigenvalue weighted by molar-refractivity contribution is 6.07. The zero-order valence-electron chi connectivity index (χ0n) is 13.3. The van der Waals surface area contributed by atoms with Crippen LogP contribution in [-0.2, 0) is 0 Å². The van der Waals surface area contributed by atoms with Crippen molar-refractivity contribution in [2.45, 2.75) is 0 Å². The van der Waals surface area contributed by atoms with Gasteiger partial charge in [-0.2, -0.15) is 0 Å². The molecule has 1 amide bonds. The van der Waals surface area contributed by atoms with Crippen molar-refractivity contribution in [3.63, 3.8) is 0 Å². The second-order valence-corrected chi connectivity index (χ2v) is 5.47. The molecule has 1 heterocycles. The van der Waals surface area contributed by atoms with Crippen molar-refractivity contribution in [3.8, 4) is 11.3 Å². The van der Waals surface area contributed by atoms with Gasteiger partial charge in [-0.15, -0.1) is 0 Å². The molecule has 2 aromatic carbocycles. The minimum atomic E-state index is -0.356. The van der Waals surface area contributed by atoms with Gasteiger partial charge in [-0.3, -0.25) is 4.79 Å². The van der Waals surface area contributed by atoms with E-state index < -0.39 is 0 Å². The van der Waals surface area contributed by atoms with Crippen LogP contribution in [0.25, 0.3) is 11.3 Å². The average molecular weight is 325 g/mol. The number of amides is 1. The number of nitrogens with zero attached hydrogens (tertiary/aromatic N) is 2. The van der Waals surface area contributed by atoms with Gasteiger partial charge in [0.05, 0.1) is 6.20 Å². The van der Waals surface area contributed by atoms with Crippen molar-refractivity contribution in [2.24, 2.45) is 0 Å². The molecule has 24 heavy (non-hydrogen) atoms. The summed E-state index contributed by atoms with van der Waals surface area (Å²) in [6.45, 7) is 0. The summed E-state index contributed by atoms with van der Waals surface area (Å²) in [6, 6.07) is 13.1. The van der Waals surface area contributed by atoms with Gasteiger partial charge in [0.15, 0.2) is 5.76 Å². The molecule has 3 rings (SSSR count). The SMILES string of the molecule is CN(C)c1ccc(NC(=O)c2cnoc2-c2ccc(F)cc2)cc1. The first-order valence-electron chi connectivity index (χ1n) is 7.34. The summed E-state index contributed by atoms with van der Waals surface area (Å²) in [5, 5.41) is 6.49. The van der Waals surface area contributed by atoms with Gasteiger partial charge in [0.2, 0.25) is 0 Å². The lowest BCUT2D eigenvalue weighted by Gasteiger charge is -2.13. The maximum absolute atomic E-state index is 13.0. The Kier molecular flexibility index (Phi) is 4.29. The number of benzene rings is 2. The third-order valence-electron chi connectivity index (χ3n) is 3.56. The minimum absolute atomic E-state index is 0.290. The molecule has 0 bridgehead atoms. The maximum Gasteiger partial charge on any atom is 0.261 e. The highest BCUT2D eigenvalue weighted by Crippen LogP contribution is 2.25. The fourth-order valence-corrected chi connectivity index (χ4v) is 2.25. The predicted molar refractivity (Wildman–Crippen MR) is 90.6 cm³/mol. The number of halogens is 1. The predicted octanol–water partition coefficient (Wildman–Crippen LogP) is 3.80. The molecule has 0 saturated carbocycles. The number of carbonyl (C=O) groups excluding carboxylic acids is 1. The van der Waals surface area contributed by atoms with Gasteiger partial charge in [0.1, 0.15) is 11.4 Å². The summed E-state index contributed by atoms with van der Waals surface area (Å²) in [6.07, 6.45) is 1.35. The largest absolute Gasteiger partial charge is 0.378 e. The summed E-state index contributed by atoms with van der Waals surface area (Å²) in [5.41, 5.74) is 2.57. The number of aromatic nitrogens is 1. The highest BCUT2D eigenvalue weighted by atomic mass is 19.1. The Morgan fingerprint density at radius 1 is 1.08 bits per heavy atom. The summed E-state index contributed by atoms with van der Waals surface area (Å²) >= 11 is 0. The smallest absolute Gasteiger partial charge is 0.261 e. The normalized spacial score (nSPS) is 10.5. The van der Waals surface area contributed by atoms with E-state index in [9.17, 15) is 9.18 Å². The molecule has 0 aliphatic rings. The molecule has 122 valence electrons. The van der Waals surface area contributed by atoms with Crippen molar-refractivity contribution in [1.29, 1.82) is 0 Å². The van der Waals surface area contributed by atoms with Crippen LogP contribution in [0.4, 0.5) is 15.8 Å². The van der Waals surface area contributed by atoms with Crippen molar-refractivity contribution in [2.75, 3.05) is 24.3 Å². The summed E-state index contributed by atoms with van der Waals surface area (Å²) in [7, 11) is 3.89. The first-order valence-corrected chi connectivity index (χ1v) is 7.34. The standard InChI is InChI=1S/C18H16FN3O2/c1-22(2)15-9-7-14(8-10-15)21-18(23)16-11-20-24-17(16)12-3-5-13(19)6-4-12/h3-11H,1-2H3,(H,21,23). The second kappa shape index (κ2) is 6.54. The average Bonchev–Trinajstić information content (AvgIpc) is 3.06. The number of nitrogens with one attached hydrogen (secondary N) is 1. The zero-order chi connectivity index (χ0) is 17.1. The van der Waals surface area contributed by atoms with Crippen LogP contribution >= 0.6 is 0 Å². The second-order valence-electron chi connectivity index (χ2n) is 5.47. The Labute approximate surface area is 138 Å². The van der Waals surface area contributed by atoms with E-state index in [-0.39, 0.29) is 11.7 Å². The quantitative estimate of drug-likeness (QED) is 0.793. The van der Waals surface area contributed by atoms with E-state index in [0.717, 1.165) is 5.69 Å². The van der Waals surface area contributed by atoms with Crippen molar-refractivity contribution in [3.05, 3.63) is 66.1 Å². The van der Waals surface area contributed by atoms with Crippen molar-refractivity contribution < 1.29 is 13.7 Å².